The van der Waals surface area contributed by atoms with Crippen LogP contribution in [-0.2, 0) is 17.8 Å². The lowest BCUT2D eigenvalue weighted by Crippen LogP contribution is -2.25. The molecule has 0 aliphatic carbocycles. The van der Waals surface area contributed by atoms with Gasteiger partial charge < -0.3 is 10.3 Å². The van der Waals surface area contributed by atoms with Crippen molar-refractivity contribution in [1.82, 2.24) is 14.9 Å². The average Bonchev–Trinajstić information content (AvgIpc) is 3.17. The fraction of sp³-hybridized carbons (Fsp3) is 0.350. The Kier molecular flexibility index (Phi) is 6.95. The van der Waals surface area contributed by atoms with Gasteiger partial charge in [-0.25, -0.2) is 0 Å². The summed E-state index contributed by atoms with van der Waals surface area (Å²) in [4.78, 5) is 28.8. The number of fused-ring (bicyclic) bond motifs is 1. The fourth-order valence-electron chi connectivity index (χ4n) is 3.00. The van der Waals surface area contributed by atoms with Gasteiger partial charge in [0, 0.05) is 24.4 Å². The first-order chi connectivity index (χ1) is 13.1. The van der Waals surface area contributed by atoms with Crippen molar-refractivity contribution in [2.75, 3.05) is 6.54 Å². The number of hydrogen-bond acceptors (Lipinski definition) is 4. The van der Waals surface area contributed by atoms with Gasteiger partial charge in [-0.2, -0.15) is 0 Å². The van der Waals surface area contributed by atoms with Gasteiger partial charge in [0.1, 0.15) is 0 Å². The number of para-hydroxylation sites is 1. The van der Waals surface area contributed by atoms with Crippen molar-refractivity contribution in [2.45, 2.75) is 38.6 Å². The molecular formula is C20H23N3O2S2. The molecule has 0 radical (unpaired) electrons. The SMILES string of the molecule is O=C(CCCCCn1c(=S)[nH]c2ccccc2c1=O)NCCc1cccs1. The van der Waals surface area contributed by atoms with Crippen LogP contribution in [0.3, 0.4) is 0 Å². The Morgan fingerprint density at radius 3 is 2.81 bits per heavy atom. The molecule has 0 saturated carbocycles. The molecule has 0 unspecified atom stereocenters. The summed E-state index contributed by atoms with van der Waals surface area (Å²) in [5, 5.41) is 5.65. The molecule has 2 heterocycles. The number of rotatable bonds is 9. The standard InChI is InChI=1S/C20H23N3O2S2/c24-18(21-12-11-15-7-6-14-27-15)10-2-1-5-13-23-19(25)16-8-3-4-9-17(16)22-20(23)26/h3-4,6-9,14H,1-2,5,10-13H2,(H,21,24)(H,22,26). The molecule has 0 aliphatic rings. The molecule has 5 nitrogen and oxygen atoms in total. The number of benzene rings is 1. The topological polar surface area (TPSA) is 66.9 Å². The molecule has 0 saturated heterocycles. The molecule has 142 valence electrons. The molecule has 1 amide bonds. The molecule has 0 fully saturated rings. The van der Waals surface area contributed by atoms with Gasteiger partial charge in [0.15, 0.2) is 4.77 Å². The Hall–Kier alpha value is -2.25. The van der Waals surface area contributed by atoms with Crippen molar-refractivity contribution in [3.8, 4) is 0 Å². The highest BCUT2D eigenvalue weighted by molar-refractivity contribution is 7.71. The molecule has 2 aromatic heterocycles. The summed E-state index contributed by atoms with van der Waals surface area (Å²) in [5.74, 6) is 0.0896. The number of hydrogen-bond donors (Lipinski definition) is 2. The highest BCUT2D eigenvalue weighted by Crippen LogP contribution is 2.09. The van der Waals surface area contributed by atoms with E-state index in [1.54, 1.807) is 22.0 Å². The number of carbonyl (C=O) groups is 1. The van der Waals surface area contributed by atoms with E-state index < -0.39 is 0 Å². The Morgan fingerprint density at radius 1 is 1.15 bits per heavy atom. The minimum atomic E-state index is -0.0549. The van der Waals surface area contributed by atoms with Gasteiger partial charge in [-0.3, -0.25) is 14.2 Å². The highest BCUT2D eigenvalue weighted by atomic mass is 32.1. The third-order valence-electron chi connectivity index (χ3n) is 4.45. The van der Waals surface area contributed by atoms with Crippen LogP contribution in [0.5, 0.6) is 0 Å². The van der Waals surface area contributed by atoms with Gasteiger partial charge >= 0.3 is 0 Å². The Bertz CT molecular complexity index is 1010. The van der Waals surface area contributed by atoms with Gasteiger partial charge in [-0.05, 0) is 55.1 Å². The Labute approximate surface area is 167 Å². The molecule has 7 heteroatoms. The van der Waals surface area contributed by atoms with Crippen LogP contribution in [0.25, 0.3) is 10.9 Å². The number of nitrogens with zero attached hydrogens (tertiary/aromatic N) is 1. The van der Waals surface area contributed by atoms with Gasteiger partial charge in [0.05, 0.1) is 10.9 Å². The van der Waals surface area contributed by atoms with Crippen molar-refractivity contribution < 1.29 is 4.79 Å². The second-order valence-electron chi connectivity index (χ2n) is 6.42. The van der Waals surface area contributed by atoms with Crippen molar-refractivity contribution in [1.29, 1.82) is 0 Å². The van der Waals surface area contributed by atoms with E-state index in [0.717, 1.165) is 31.2 Å². The zero-order chi connectivity index (χ0) is 19.1. The molecule has 3 rings (SSSR count). The summed E-state index contributed by atoms with van der Waals surface area (Å²) in [5.41, 5.74) is 0.712. The van der Waals surface area contributed by atoms with Crippen molar-refractivity contribution in [2.24, 2.45) is 0 Å². The van der Waals surface area contributed by atoms with Crippen LogP contribution in [0.15, 0.2) is 46.6 Å². The number of aromatic amines is 1. The number of carbonyl (C=O) groups excluding carboxylic acids is 1. The second-order valence-corrected chi connectivity index (χ2v) is 7.84. The first-order valence-electron chi connectivity index (χ1n) is 9.16. The van der Waals surface area contributed by atoms with Crippen molar-refractivity contribution in [3.63, 3.8) is 0 Å². The maximum Gasteiger partial charge on any atom is 0.262 e. The smallest absolute Gasteiger partial charge is 0.262 e. The van der Waals surface area contributed by atoms with Crippen molar-refractivity contribution in [3.05, 3.63) is 61.8 Å². The van der Waals surface area contributed by atoms with E-state index in [1.807, 2.05) is 29.6 Å². The Morgan fingerprint density at radius 2 is 2.00 bits per heavy atom. The molecule has 2 N–H and O–H groups in total. The maximum atomic E-state index is 12.5. The predicted octanol–water partition coefficient (Wildman–Crippen LogP) is 4.04. The molecule has 0 aliphatic heterocycles. The van der Waals surface area contributed by atoms with E-state index in [0.29, 0.717) is 29.7 Å². The first-order valence-corrected chi connectivity index (χ1v) is 10.4. The van der Waals surface area contributed by atoms with Gasteiger partial charge in [0.2, 0.25) is 5.91 Å². The molecule has 0 atom stereocenters. The van der Waals surface area contributed by atoms with Gasteiger partial charge in [-0.15, -0.1) is 11.3 Å². The molecule has 1 aromatic carbocycles. The van der Waals surface area contributed by atoms with Crippen molar-refractivity contribution >= 4 is 40.4 Å². The van der Waals surface area contributed by atoms with Crippen LogP contribution in [-0.4, -0.2) is 22.0 Å². The summed E-state index contributed by atoms with van der Waals surface area (Å²) >= 11 is 7.02. The van der Waals surface area contributed by atoms with E-state index in [4.69, 9.17) is 12.2 Å². The number of nitrogens with one attached hydrogen (secondary N) is 2. The first kappa shape index (κ1) is 19.5. The van der Waals surface area contributed by atoms with Crippen LogP contribution in [0, 0.1) is 4.77 Å². The quantitative estimate of drug-likeness (QED) is 0.420. The molecule has 0 spiro atoms. The van der Waals surface area contributed by atoms with Gasteiger partial charge in [0.25, 0.3) is 5.56 Å². The van der Waals surface area contributed by atoms with E-state index in [9.17, 15) is 9.59 Å². The summed E-state index contributed by atoms with van der Waals surface area (Å²) in [6.07, 6.45) is 3.91. The maximum absolute atomic E-state index is 12.5. The van der Waals surface area contributed by atoms with E-state index >= 15 is 0 Å². The number of thiophene rings is 1. The molecular weight excluding hydrogens is 378 g/mol. The lowest BCUT2D eigenvalue weighted by molar-refractivity contribution is -0.121. The number of unbranched alkanes of at least 4 members (excludes halogenated alkanes) is 2. The van der Waals surface area contributed by atoms with Crippen LogP contribution in [0.4, 0.5) is 0 Å². The monoisotopic (exact) mass is 401 g/mol. The van der Waals surface area contributed by atoms with E-state index in [2.05, 4.69) is 16.4 Å². The van der Waals surface area contributed by atoms with Crippen LogP contribution >= 0.6 is 23.6 Å². The average molecular weight is 402 g/mol. The van der Waals surface area contributed by atoms with Crippen LogP contribution in [0.2, 0.25) is 0 Å². The summed E-state index contributed by atoms with van der Waals surface area (Å²) in [6, 6.07) is 11.5. The van der Waals surface area contributed by atoms with Crippen LogP contribution in [0.1, 0.15) is 30.6 Å². The minimum absolute atomic E-state index is 0.0549. The van der Waals surface area contributed by atoms with Gasteiger partial charge in [-0.1, -0.05) is 24.6 Å². The lowest BCUT2D eigenvalue weighted by Gasteiger charge is -2.08. The van der Waals surface area contributed by atoms with E-state index in [-0.39, 0.29) is 11.5 Å². The summed E-state index contributed by atoms with van der Waals surface area (Å²) in [7, 11) is 0. The minimum Gasteiger partial charge on any atom is -0.356 e. The fourth-order valence-corrected chi connectivity index (χ4v) is 4.00. The largest absolute Gasteiger partial charge is 0.356 e. The zero-order valence-electron chi connectivity index (χ0n) is 15.1. The second kappa shape index (κ2) is 9.62. The van der Waals surface area contributed by atoms with E-state index in [1.165, 1.54) is 4.88 Å². The summed E-state index contributed by atoms with van der Waals surface area (Å²) < 4.78 is 2.06. The lowest BCUT2D eigenvalue weighted by atomic mass is 10.2. The Balaban J connectivity index is 1.40. The zero-order valence-corrected chi connectivity index (χ0v) is 16.7. The van der Waals surface area contributed by atoms with Crippen LogP contribution < -0.4 is 10.9 Å². The third kappa shape index (κ3) is 5.37. The molecule has 3 aromatic rings. The summed E-state index contributed by atoms with van der Waals surface area (Å²) in [6.45, 7) is 1.25. The number of amides is 1. The molecule has 27 heavy (non-hydrogen) atoms. The molecule has 0 bridgehead atoms. The predicted molar refractivity (Wildman–Crippen MR) is 113 cm³/mol. The number of aromatic nitrogens is 2. The normalized spacial score (nSPS) is 11.0. The number of H-pyrrole nitrogens is 1. The third-order valence-corrected chi connectivity index (χ3v) is 5.71. The highest BCUT2D eigenvalue weighted by Gasteiger charge is 2.06.